The molecular weight excluding hydrogens is 572 g/mol. The van der Waals surface area contributed by atoms with Crippen molar-refractivity contribution in [1.29, 1.82) is 0 Å². The number of benzene rings is 1. The molecule has 43 heavy (non-hydrogen) atoms. The highest BCUT2D eigenvalue weighted by molar-refractivity contribution is 5.68. The summed E-state index contributed by atoms with van der Waals surface area (Å²) < 4.78 is 51.6. The van der Waals surface area contributed by atoms with Crippen molar-refractivity contribution in [3.05, 3.63) is 35.9 Å². The summed E-state index contributed by atoms with van der Waals surface area (Å²) in [5, 5.41) is 0. The summed E-state index contributed by atoms with van der Waals surface area (Å²) in [5.74, 6) is -3.48. The second-order valence-corrected chi connectivity index (χ2v) is 10.2. The zero-order chi connectivity index (χ0) is 31.8. The molecule has 0 bridgehead atoms. The van der Waals surface area contributed by atoms with Gasteiger partial charge in [-0.1, -0.05) is 30.3 Å². The van der Waals surface area contributed by atoms with Crippen LogP contribution in [0.15, 0.2) is 30.3 Å². The largest absolute Gasteiger partial charge is 0.460 e. The second-order valence-electron chi connectivity index (χ2n) is 10.2. The van der Waals surface area contributed by atoms with Crippen LogP contribution in [0.1, 0.15) is 54.0 Å². The Morgan fingerprint density at radius 1 is 0.674 bits per heavy atom. The number of ether oxygens (including phenoxy) is 9. The molecule has 14 nitrogen and oxygen atoms in total. The molecule has 14 heteroatoms. The van der Waals surface area contributed by atoms with Gasteiger partial charge in [0.2, 0.25) is 6.29 Å². The lowest BCUT2D eigenvalue weighted by atomic mass is 9.98. The Bertz CT molecular complexity index is 1140. The van der Waals surface area contributed by atoms with Crippen molar-refractivity contribution in [3.8, 4) is 0 Å². The summed E-state index contributed by atoms with van der Waals surface area (Å²) in [6.45, 7) is 9.05. The zero-order valence-electron chi connectivity index (χ0n) is 25.1. The summed E-state index contributed by atoms with van der Waals surface area (Å²) in [5.41, 5.74) is 0.801. The van der Waals surface area contributed by atoms with E-state index in [1.165, 1.54) is 20.8 Å². The molecule has 3 rings (SSSR count). The van der Waals surface area contributed by atoms with E-state index in [-0.39, 0.29) is 6.61 Å². The van der Waals surface area contributed by atoms with Crippen LogP contribution in [0.3, 0.4) is 0 Å². The van der Waals surface area contributed by atoms with Gasteiger partial charge in [-0.05, 0) is 19.4 Å². The molecule has 0 unspecified atom stereocenters. The van der Waals surface area contributed by atoms with Gasteiger partial charge in [0, 0.05) is 34.6 Å². The molecule has 0 aliphatic carbocycles. The molecule has 0 spiro atoms. The highest BCUT2D eigenvalue weighted by Crippen LogP contribution is 2.36. The van der Waals surface area contributed by atoms with Crippen LogP contribution in [-0.4, -0.2) is 91.3 Å². The fourth-order valence-corrected chi connectivity index (χ4v) is 4.95. The number of hydrogen-bond acceptors (Lipinski definition) is 14. The Hall–Kier alpha value is -3.59. The molecule has 0 aromatic heterocycles. The number of esters is 5. The first kappa shape index (κ1) is 33.9. The lowest BCUT2D eigenvalue weighted by molar-refractivity contribution is -0.324. The third kappa shape index (κ3) is 9.45. The van der Waals surface area contributed by atoms with Crippen molar-refractivity contribution in [2.24, 2.45) is 0 Å². The fourth-order valence-electron chi connectivity index (χ4n) is 4.95. The Kier molecular flexibility index (Phi) is 12.0. The molecule has 2 aliphatic heterocycles. The predicted molar refractivity (Wildman–Crippen MR) is 143 cm³/mol. The fraction of sp³-hybridized carbons (Fsp3) is 0.621. The van der Waals surface area contributed by atoms with Gasteiger partial charge in [-0.2, -0.15) is 0 Å². The zero-order valence-corrected chi connectivity index (χ0v) is 25.1. The summed E-state index contributed by atoms with van der Waals surface area (Å²) in [7, 11) is 0. The van der Waals surface area contributed by atoms with Crippen LogP contribution in [0.5, 0.6) is 0 Å². The SMILES string of the molecule is CC(=O)O[C@H]1O[C@H]([C@H](C)OC(C)=O)[C@H](OCc2ccccc2)[C@@H]1O[C@H]1O[C@@H](C)[C@@H](OC(C)=O)[C@@H](OC(C)=O)[C@@H]1OC(C)=O. The van der Waals surface area contributed by atoms with Gasteiger partial charge in [-0.25, -0.2) is 0 Å². The number of carbonyl (C=O) groups excluding carboxylic acids is 5. The minimum absolute atomic E-state index is 0.0741. The number of carbonyl (C=O) groups is 5. The van der Waals surface area contributed by atoms with E-state index >= 15 is 0 Å². The maximum atomic E-state index is 12.2. The van der Waals surface area contributed by atoms with E-state index in [4.69, 9.17) is 42.6 Å². The average Bonchev–Trinajstić information content (AvgIpc) is 3.22. The minimum Gasteiger partial charge on any atom is -0.460 e. The van der Waals surface area contributed by atoms with Crippen LogP contribution in [0.4, 0.5) is 0 Å². The molecule has 0 N–H and O–H groups in total. The van der Waals surface area contributed by atoms with Crippen LogP contribution in [0.25, 0.3) is 0 Å². The van der Waals surface area contributed by atoms with E-state index < -0.39 is 91.3 Å². The first-order valence-corrected chi connectivity index (χ1v) is 13.7. The predicted octanol–water partition coefficient (Wildman–Crippen LogP) is 1.74. The molecule has 2 heterocycles. The highest BCUT2D eigenvalue weighted by atomic mass is 16.8. The first-order chi connectivity index (χ1) is 20.3. The van der Waals surface area contributed by atoms with Crippen molar-refractivity contribution in [3.63, 3.8) is 0 Å². The highest BCUT2D eigenvalue weighted by Gasteiger charge is 2.56. The molecule has 1 aromatic carbocycles. The Labute approximate surface area is 249 Å². The van der Waals surface area contributed by atoms with E-state index in [0.717, 1.165) is 19.4 Å². The van der Waals surface area contributed by atoms with Gasteiger partial charge in [0.1, 0.15) is 18.3 Å². The van der Waals surface area contributed by atoms with Crippen LogP contribution >= 0.6 is 0 Å². The lowest BCUT2D eigenvalue weighted by Crippen LogP contribution is -2.62. The number of rotatable bonds is 11. The Morgan fingerprint density at radius 3 is 1.79 bits per heavy atom. The third-order valence-electron chi connectivity index (χ3n) is 6.51. The maximum Gasteiger partial charge on any atom is 0.305 e. The minimum atomic E-state index is -1.45. The van der Waals surface area contributed by atoms with Crippen LogP contribution in [-0.2, 0) is 73.2 Å². The van der Waals surface area contributed by atoms with E-state index in [0.29, 0.717) is 0 Å². The second kappa shape index (κ2) is 15.2. The summed E-state index contributed by atoms with van der Waals surface area (Å²) in [6.07, 6.45) is -11.8. The Balaban J connectivity index is 2.01. The van der Waals surface area contributed by atoms with E-state index in [9.17, 15) is 24.0 Å². The van der Waals surface area contributed by atoms with Crippen LogP contribution < -0.4 is 0 Å². The van der Waals surface area contributed by atoms with Gasteiger partial charge in [0.25, 0.3) is 0 Å². The van der Waals surface area contributed by atoms with Gasteiger partial charge in [-0.3, -0.25) is 24.0 Å². The van der Waals surface area contributed by atoms with Crippen LogP contribution in [0.2, 0.25) is 0 Å². The van der Waals surface area contributed by atoms with Gasteiger partial charge in [0.05, 0.1) is 12.7 Å². The smallest absolute Gasteiger partial charge is 0.305 e. The quantitative estimate of drug-likeness (QED) is 0.262. The van der Waals surface area contributed by atoms with Crippen molar-refractivity contribution >= 4 is 29.8 Å². The molecule has 0 radical (unpaired) electrons. The van der Waals surface area contributed by atoms with Gasteiger partial charge in [-0.15, -0.1) is 0 Å². The molecule has 2 aliphatic rings. The lowest BCUT2D eigenvalue weighted by Gasteiger charge is -2.44. The molecule has 10 atom stereocenters. The number of hydrogen-bond donors (Lipinski definition) is 0. The van der Waals surface area contributed by atoms with E-state index in [1.807, 2.05) is 30.3 Å². The van der Waals surface area contributed by atoms with E-state index in [1.54, 1.807) is 13.8 Å². The topological polar surface area (TPSA) is 168 Å². The van der Waals surface area contributed by atoms with E-state index in [2.05, 4.69) is 0 Å². The molecular formula is C29H38O14. The monoisotopic (exact) mass is 610 g/mol. The van der Waals surface area contributed by atoms with Crippen molar-refractivity contribution in [2.45, 2.75) is 116 Å². The van der Waals surface area contributed by atoms with Gasteiger partial charge in [0.15, 0.2) is 30.7 Å². The first-order valence-electron chi connectivity index (χ1n) is 13.7. The van der Waals surface area contributed by atoms with Crippen molar-refractivity contribution in [1.82, 2.24) is 0 Å². The summed E-state index contributed by atoms with van der Waals surface area (Å²) in [6, 6.07) is 9.17. The normalized spacial score (nSPS) is 30.9. The third-order valence-corrected chi connectivity index (χ3v) is 6.51. The summed E-state index contributed by atoms with van der Waals surface area (Å²) >= 11 is 0. The van der Waals surface area contributed by atoms with Crippen molar-refractivity contribution < 1.29 is 66.6 Å². The molecule has 2 saturated heterocycles. The standard InChI is InChI=1S/C29H38O14/c1-14(36-16(3)30)22-24(35-13-21-11-9-8-10-12-21)26(29(42-22)41-20(7)34)43-28-27(40-19(6)33)25(39-18(5)32)23(15(2)37-28)38-17(4)31/h8-12,14-15,22-29H,13H2,1-7H3/t14-,15-,22+,23+,24-,25+,26-,27-,28+,29-/m0/s1. The van der Waals surface area contributed by atoms with Crippen molar-refractivity contribution in [2.75, 3.05) is 0 Å². The van der Waals surface area contributed by atoms with Crippen LogP contribution in [0, 0.1) is 0 Å². The maximum absolute atomic E-state index is 12.2. The van der Waals surface area contributed by atoms with Gasteiger partial charge < -0.3 is 42.6 Å². The molecule has 1 aromatic rings. The molecule has 238 valence electrons. The Morgan fingerprint density at radius 2 is 1.23 bits per heavy atom. The summed E-state index contributed by atoms with van der Waals surface area (Å²) in [4.78, 5) is 59.9. The molecule has 0 saturated carbocycles. The van der Waals surface area contributed by atoms with Gasteiger partial charge >= 0.3 is 29.8 Å². The average molecular weight is 611 g/mol. The molecule has 0 amide bonds. The molecule has 2 fully saturated rings.